The highest BCUT2D eigenvalue weighted by Gasteiger charge is 2.26. The Kier molecular flexibility index (Phi) is 3.96. The average molecular weight is 314 g/mol. The van der Waals surface area contributed by atoms with Crippen molar-refractivity contribution >= 4 is 17.5 Å². The van der Waals surface area contributed by atoms with Crippen LogP contribution in [0.4, 0.5) is 21.8 Å². The second kappa shape index (κ2) is 5.80. The van der Waals surface area contributed by atoms with Gasteiger partial charge in [0.15, 0.2) is 0 Å². The predicted octanol–water partition coefficient (Wildman–Crippen LogP) is 4.76. The van der Waals surface area contributed by atoms with E-state index in [0.717, 1.165) is 22.8 Å². The van der Waals surface area contributed by atoms with Gasteiger partial charge in [0.25, 0.3) is 0 Å². The van der Waals surface area contributed by atoms with Crippen molar-refractivity contribution in [3.63, 3.8) is 0 Å². The highest BCUT2D eigenvalue weighted by atomic mass is 19.1. The van der Waals surface area contributed by atoms with Crippen LogP contribution < -0.4 is 10.6 Å². The van der Waals surface area contributed by atoms with Gasteiger partial charge in [0, 0.05) is 23.2 Å². The molecular weight excluding hydrogens is 291 g/mol. The van der Waals surface area contributed by atoms with E-state index in [1.807, 2.05) is 13.0 Å². The van der Waals surface area contributed by atoms with Crippen LogP contribution in [0.2, 0.25) is 0 Å². The van der Waals surface area contributed by atoms with E-state index in [1.54, 1.807) is 6.07 Å². The number of anilines is 3. The minimum absolute atomic E-state index is 0.106. The predicted molar refractivity (Wildman–Crippen MR) is 91.8 cm³/mol. The fraction of sp³-hybridized carbons (Fsp3) is 0.444. The number of benzene rings is 1. The lowest BCUT2D eigenvalue weighted by atomic mass is 10.1. The maximum absolute atomic E-state index is 13.3. The van der Waals surface area contributed by atoms with Crippen LogP contribution in [0.5, 0.6) is 0 Å². The van der Waals surface area contributed by atoms with Crippen LogP contribution in [-0.2, 0) is 0 Å². The minimum atomic E-state index is -0.232. The van der Waals surface area contributed by atoms with Gasteiger partial charge < -0.3 is 10.6 Å². The molecule has 1 aliphatic carbocycles. The van der Waals surface area contributed by atoms with Crippen molar-refractivity contribution < 1.29 is 4.39 Å². The summed E-state index contributed by atoms with van der Waals surface area (Å²) in [5.74, 6) is 1.67. The van der Waals surface area contributed by atoms with Crippen molar-refractivity contribution in [1.29, 1.82) is 0 Å². The Morgan fingerprint density at radius 1 is 1.13 bits per heavy atom. The highest BCUT2D eigenvalue weighted by Crippen LogP contribution is 2.40. The van der Waals surface area contributed by atoms with Gasteiger partial charge in [0.05, 0.1) is 5.69 Å². The third-order valence-electron chi connectivity index (χ3n) is 3.68. The topological polar surface area (TPSA) is 49.8 Å². The van der Waals surface area contributed by atoms with Crippen LogP contribution in [0.15, 0.2) is 24.3 Å². The molecule has 1 aliphatic rings. The normalized spacial score (nSPS) is 14.7. The molecule has 0 aliphatic heterocycles. The molecule has 0 spiro atoms. The standard InChI is InChI=1S/C18H23FN4/c1-11-9-13(19)7-8-14(11)20-16-10-15(12-5-6-12)21-17(22-16)23-18(2,3)4/h7-10,12H,5-6H2,1-4H3,(H2,20,21,22,23). The summed E-state index contributed by atoms with van der Waals surface area (Å²) >= 11 is 0. The van der Waals surface area contributed by atoms with E-state index >= 15 is 0 Å². The van der Waals surface area contributed by atoms with Gasteiger partial charge in [-0.1, -0.05) is 0 Å². The molecule has 0 atom stereocenters. The molecule has 1 fully saturated rings. The van der Waals surface area contributed by atoms with E-state index in [-0.39, 0.29) is 11.4 Å². The first-order chi connectivity index (χ1) is 10.8. The summed E-state index contributed by atoms with van der Waals surface area (Å²) in [6.07, 6.45) is 2.36. The molecule has 122 valence electrons. The number of aryl methyl sites for hydroxylation is 1. The van der Waals surface area contributed by atoms with Gasteiger partial charge in [-0.15, -0.1) is 0 Å². The Morgan fingerprint density at radius 2 is 1.87 bits per heavy atom. The lowest BCUT2D eigenvalue weighted by Crippen LogP contribution is -2.27. The summed E-state index contributed by atoms with van der Waals surface area (Å²) < 4.78 is 13.3. The van der Waals surface area contributed by atoms with Crippen molar-refractivity contribution in [3.05, 3.63) is 41.3 Å². The molecule has 0 unspecified atom stereocenters. The van der Waals surface area contributed by atoms with Crippen LogP contribution in [0.25, 0.3) is 0 Å². The van der Waals surface area contributed by atoms with Crippen LogP contribution in [0.3, 0.4) is 0 Å². The summed E-state index contributed by atoms with van der Waals surface area (Å²) in [5.41, 5.74) is 2.66. The molecule has 1 aromatic heterocycles. The van der Waals surface area contributed by atoms with Crippen molar-refractivity contribution in [1.82, 2.24) is 9.97 Å². The van der Waals surface area contributed by atoms with Gasteiger partial charge in [-0.2, -0.15) is 4.98 Å². The van der Waals surface area contributed by atoms with Crippen LogP contribution >= 0.6 is 0 Å². The molecule has 2 aromatic rings. The maximum atomic E-state index is 13.3. The van der Waals surface area contributed by atoms with E-state index in [0.29, 0.717) is 11.9 Å². The Bertz CT molecular complexity index is 717. The van der Waals surface area contributed by atoms with E-state index in [4.69, 9.17) is 0 Å². The number of hydrogen-bond donors (Lipinski definition) is 2. The van der Waals surface area contributed by atoms with Gasteiger partial charge in [-0.25, -0.2) is 9.37 Å². The molecule has 2 N–H and O–H groups in total. The Morgan fingerprint density at radius 3 is 2.48 bits per heavy atom. The Labute approximate surface area is 136 Å². The average Bonchev–Trinajstić information content (AvgIpc) is 3.24. The van der Waals surface area contributed by atoms with Crippen molar-refractivity contribution in [2.24, 2.45) is 0 Å². The molecule has 0 radical (unpaired) electrons. The summed E-state index contributed by atoms with van der Waals surface area (Å²) in [6.45, 7) is 8.12. The largest absolute Gasteiger partial charge is 0.350 e. The summed E-state index contributed by atoms with van der Waals surface area (Å²) in [6, 6.07) is 6.70. The summed E-state index contributed by atoms with van der Waals surface area (Å²) in [7, 11) is 0. The van der Waals surface area contributed by atoms with Gasteiger partial charge in [-0.05, 0) is 64.3 Å². The fourth-order valence-corrected chi connectivity index (χ4v) is 2.41. The monoisotopic (exact) mass is 314 g/mol. The van der Waals surface area contributed by atoms with Gasteiger partial charge in [-0.3, -0.25) is 0 Å². The zero-order chi connectivity index (χ0) is 16.6. The first-order valence-corrected chi connectivity index (χ1v) is 8.00. The third kappa shape index (κ3) is 4.18. The molecule has 0 saturated heterocycles. The molecular formula is C18H23FN4. The molecule has 4 nitrogen and oxygen atoms in total. The molecule has 1 aromatic carbocycles. The maximum Gasteiger partial charge on any atom is 0.225 e. The number of aromatic nitrogens is 2. The number of halogens is 1. The molecule has 23 heavy (non-hydrogen) atoms. The second-order valence-electron chi connectivity index (χ2n) is 7.24. The number of nitrogens with one attached hydrogen (secondary N) is 2. The number of hydrogen-bond acceptors (Lipinski definition) is 4. The lowest BCUT2D eigenvalue weighted by molar-refractivity contribution is 0.625. The fourth-order valence-electron chi connectivity index (χ4n) is 2.41. The molecule has 0 bridgehead atoms. The van der Waals surface area contributed by atoms with Crippen LogP contribution in [-0.4, -0.2) is 15.5 Å². The lowest BCUT2D eigenvalue weighted by Gasteiger charge is -2.21. The van der Waals surface area contributed by atoms with E-state index < -0.39 is 0 Å². The SMILES string of the molecule is Cc1cc(F)ccc1Nc1cc(C2CC2)nc(NC(C)(C)C)n1. The number of rotatable bonds is 4. The zero-order valence-corrected chi connectivity index (χ0v) is 14.1. The first-order valence-electron chi connectivity index (χ1n) is 8.00. The van der Waals surface area contributed by atoms with Crippen molar-refractivity contribution in [3.8, 4) is 0 Å². The van der Waals surface area contributed by atoms with Gasteiger partial charge in [0.2, 0.25) is 5.95 Å². The second-order valence-corrected chi connectivity index (χ2v) is 7.24. The Hall–Kier alpha value is -2.17. The van der Waals surface area contributed by atoms with E-state index in [1.165, 1.54) is 25.0 Å². The van der Waals surface area contributed by atoms with Crippen LogP contribution in [0, 0.1) is 12.7 Å². The number of nitrogens with zero attached hydrogens (tertiary/aromatic N) is 2. The van der Waals surface area contributed by atoms with Crippen molar-refractivity contribution in [2.75, 3.05) is 10.6 Å². The van der Waals surface area contributed by atoms with Gasteiger partial charge >= 0.3 is 0 Å². The van der Waals surface area contributed by atoms with Gasteiger partial charge in [0.1, 0.15) is 11.6 Å². The summed E-state index contributed by atoms with van der Waals surface area (Å²) in [5, 5.41) is 6.62. The molecule has 3 rings (SSSR count). The highest BCUT2D eigenvalue weighted by molar-refractivity contribution is 5.61. The molecule has 1 heterocycles. The third-order valence-corrected chi connectivity index (χ3v) is 3.68. The molecule has 5 heteroatoms. The molecule has 0 amide bonds. The Balaban J connectivity index is 1.91. The molecule has 1 saturated carbocycles. The van der Waals surface area contributed by atoms with Crippen LogP contribution in [0.1, 0.15) is 50.8 Å². The minimum Gasteiger partial charge on any atom is -0.350 e. The first kappa shape index (κ1) is 15.7. The zero-order valence-electron chi connectivity index (χ0n) is 14.1. The van der Waals surface area contributed by atoms with E-state index in [2.05, 4.69) is 41.4 Å². The summed E-state index contributed by atoms with van der Waals surface area (Å²) in [4.78, 5) is 9.20. The smallest absolute Gasteiger partial charge is 0.225 e. The van der Waals surface area contributed by atoms with E-state index in [9.17, 15) is 4.39 Å². The quantitative estimate of drug-likeness (QED) is 0.854. The van der Waals surface area contributed by atoms with Crippen molar-refractivity contribution in [2.45, 2.75) is 52.0 Å².